The number of pyridine rings is 2. The molecule has 0 atom stereocenters. The fraction of sp³-hybridized carbons (Fsp3) is 0.0833. The van der Waals surface area contributed by atoms with Crippen LogP contribution < -0.4 is 5.32 Å². The van der Waals surface area contributed by atoms with Crippen molar-refractivity contribution in [3.8, 4) is 0 Å². The zero-order valence-corrected chi connectivity index (χ0v) is 13.0. The number of nitrogens with zero attached hydrogens (tertiary/aromatic N) is 3. The lowest BCUT2D eigenvalue weighted by Gasteiger charge is -2.07. The summed E-state index contributed by atoms with van der Waals surface area (Å²) in [4.78, 5) is 30.0. The van der Waals surface area contributed by atoms with Crippen molar-refractivity contribution in [1.29, 1.82) is 0 Å². The van der Waals surface area contributed by atoms with Gasteiger partial charge in [-0.2, -0.15) is 0 Å². The summed E-state index contributed by atoms with van der Waals surface area (Å²) < 4.78 is 0.790. The highest BCUT2D eigenvalue weighted by atomic mass is 79.9. The third-order valence-corrected chi connectivity index (χ3v) is 3.70. The molecule has 0 saturated heterocycles. The van der Waals surface area contributed by atoms with Crippen molar-refractivity contribution in [2.45, 2.75) is 6.92 Å². The van der Waals surface area contributed by atoms with E-state index in [1.54, 1.807) is 6.07 Å². The molecular formula is C12H8BrClN4O3. The molecule has 0 saturated carbocycles. The summed E-state index contributed by atoms with van der Waals surface area (Å²) in [5.41, 5.74) is 0.149. The van der Waals surface area contributed by atoms with E-state index in [1.165, 1.54) is 18.5 Å². The Balaban J connectivity index is 2.35. The lowest BCUT2D eigenvalue weighted by atomic mass is 10.2. The molecule has 2 rings (SSSR count). The Labute approximate surface area is 132 Å². The van der Waals surface area contributed by atoms with Crippen molar-refractivity contribution in [1.82, 2.24) is 9.97 Å². The van der Waals surface area contributed by atoms with Gasteiger partial charge in [0.2, 0.25) is 5.15 Å². The zero-order valence-electron chi connectivity index (χ0n) is 10.6. The standard InChI is InChI=1S/C12H8BrClN4O3/c1-6-4-9(16-5-8(6)13)17-12(19)7-2-3-15-11(14)10(7)18(20)21/h2-5H,1H3,(H,16,17,19). The smallest absolute Gasteiger partial charge is 0.306 e. The van der Waals surface area contributed by atoms with Gasteiger partial charge in [-0.25, -0.2) is 9.97 Å². The second-order valence-corrected chi connectivity index (χ2v) is 5.24. The molecule has 0 bridgehead atoms. The first-order valence-corrected chi connectivity index (χ1v) is 6.79. The SMILES string of the molecule is Cc1cc(NC(=O)c2ccnc(Cl)c2[N+](=O)[O-])ncc1Br. The number of carbonyl (C=O) groups is 1. The number of aryl methyl sites for hydroxylation is 1. The van der Waals surface area contributed by atoms with Crippen LogP contribution in [0.5, 0.6) is 0 Å². The normalized spacial score (nSPS) is 10.2. The Morgan fingerprint density at radius 1 is 1.48 bits per heavy atom. The Morgan fingerprint density at radius 2 is 2.19 bits per heavy atom. The van der Waals surface area contributed by atoms with Crippen LogP contribution in [0.3, 0.4) is 0 Å². The van der Waals surface area contributed by atoms with Gasteiger partial charge in [0, 0.05) is 16.9 Å². The predicted molar refractivity (Wildman–Crippen MR) is 80.5 cm³/mol. The molecule has 2 aromatic heterocycles. The predicted octanol–water partition coefficient (Wildman–Crippen LogP) is 3.36. The molecule has 0 aromatic carbocycles. The van der Waals surface area contributed by atoms with Gasteiger partial charge in [-0.15, -0.1) is 0 Å². The van der Waals surface area contributed by atoms with Crippen LogP contribution in [0.4, 0.5) is 11.5 Å². The van der Waals surface area contributed by atoms with Crippen molar-refractivity contribution in [2.24, 2.45) is 0 Å². The van der Waals surface area contributed by atoms with E-state index in [9.17, 15) is 14.9 Å². The number of amides is 1. The maximum absolute atomic E-state index is 12.1. The maximum atomic E-state index is 12.1. The van der Waals surface area contributed by atoms with E-state index in [0.29, 0.717) is 0 Å². The number of nitro groups is 1. The number of hydrogen-bond acceptors (Lipinski definition) is 5. The van der Waals surface area contributed by atoms with E-state index in [0.717, 1.165) is 10.0 Å². The number of nitrogens with one attached hydrogen (secondary N) is 1. The summed E-state index contributed by atoms with van der Waals surface area (Å²) >= 11 is 8.95. The fourth-order valence-corrected chi connectivity index (χ4v) is 2.02. The van der Waals surface area contributed by atoms with Crippen LogP contribution in [0.15, 0.2) is 29.0 Å². The molecule has 0 aliphatic carbocycles. The van der Waals surface area contributed by atoms with Crippen molar-refractivity contribution >= 4 is 44.9 Å². The molecule has 0 spiro atoms. The second-order valence-electron chi connectivity index (χ2n) is 4.03. The number of anilines is 1. The van der Waals surface area contributed by atoms with E-state index in [4.69, 9.17) is 11.6 Å². The van der Waals surface area contributed by atoms with E-state index in [2.05, 4.69) is 31.2 Å². The molecule has 2 aromatic rings. The van der Waals surface area contributed by atoms with Crippen LogP contribution >= 0.6 is 27.5 Å². The van der Waals surface area contributed by atoms with E-state index >= 15 is 0 Å². The summed E-state index contributed by atoms with van der Waals surface area (Å²) in [6.45, 7) is 1.83. The number of carbonyl (C=O) groups excluding carboxylic acids is 1. The van der Waals surface area contributed by atoms with Crippen LogP contribution in [0.1, 0.15) is 15.9 Å². The summed E-state index contributed by atoms with van der Waals surface area (Å²) in [5.74, 6) is -0.400. The number of rotatable bonds is 3. The molecule has 0 aliphatic rings. The van der Waals surface area contributed by atoms with Gasteiger partial charge in [0.05, 0.1) is 4.92 Å². The minimum absolute atomic E-state index is 0.178. The van der Waals surface area contributed by atoms with E-state index in [1.807, 2.05) is 6.92 Å². The average Bonchev–Trinajstić information content (AvgIpc) is 2.42. The van der Waals surface area contributed by atoms with Crippen LogP contribution in [0.2, 0.25) is 5.15 Å². The Hall–Kier alpha value is -2.06. The van der Waals surface area contributed by atoms with Crippen molar-refractivity contribution in [3.05, 3.63) is 55.4 Å². The third-order valence-electron chi connectivity index (χ3n) is 2.60. The van der Waals surface area contributed by atoms with E-state index in [-0.39, 0.29) is 16.5 Å². The van der Waals surface area contributed by atoms with Crippen LogP contribution in [0, 0.1) is 17.0 Å². The molecule has 0 aliphatic heterocycles. The van der Waals surface area contributed by atoms with Gasteiger partial charge in [-0.3, -0.25) is 14.9 Å². The molecule has 21 heavy (non-hydrogen) atoms. The summed E-state index contributed by atoms with van der Waals surface area (Å²) in [6.07, 6.45) is 2.75. The maximum Gasteiger partial charge on any atom is 0.319 e. The lowest BCUT2D eigenvalue weighted by Crippen LogP contribution is -2.15. The topological polar surface area (TPSA) is 98.0 Å². The molecule has 1 N–H and O–H groups in total. The average molecular weight is 372 g/mol. The minimum Gasteiger partial charge on any atom is -0.306 e. The summed E-state index contributed by atoms with van der Waals surface area (Å²) in [7, 11) is 0. The first-order valence-electron chi connectivity index (χ1n) is 5.62. The molecule has 0 fully saturated rings. The summed E-state index contributed by atoms with van der Waals surface area (Å²) in [6, 6.07) is 2.86. The van der Waals surface area contributed by atoms with Crippen molar-refractivity contribution in [2.75, 3.05) is 5.32 Å². The van der Waals surface area contributed by atoms with E-state index < -0.39 is 16.5 Å². The van der Waals surface area contributed by atoms with Gasteiger partial charge >= 0.3 is 5.69 Å². The Kier molecular flexibility index (Phi) is 4.49. The van der Waals surface area contributed by atoms with Gasteiger partial charge < -0.3 is 5.32 Å². The fourth-order valence-electron chi connectivity index (χ4n) is 1.58. The molecule has 9 heteroatoms. The Bertz CT molecular complexity index is 738. The van der Waals surface area contributed by atoms with Gasteiger partial charge in [0.15, 0.2) is 0 Å². The first-order chi connectivity index (χ1) is 9.90. The largest absolute Gasteiger partial charge is 0.319 e. The quantitative estimate of drug-likeness (QED) is 0.507. The van der Waals surface area contributed by atoms with Crippen LogP contribution in [0.25, 0.3) is 0 Å². The van der Waals surface area contributed by atoms with Gasteiger partial charge in [0.1, 0.15) is 11.4 Å². The molecule has 2 heterocycles. The number of aromatic nitrogens is 2. The monoisotopic (exact) mass is 370 g/mol. The zero-order chi connectivity index (χ0) is 15.6. The third kappa shape index (κ3) is 3.34. The van der Waals surface area contributed by atoms with Crippen LogP contribution in [-0.2, 0) is 0 Å². The highest BCUT2D eigenvalue weighted by molar-refractivity contribution is 9.10. The van der Waals surface area contributed by atoms with Gasteiger partial charge in [-0.1, -0.05) is 11.6 Å². The van der Waals surface area contributed by atoms with Crippen molar-refractivity contribution in [3.63, 3.8) is 0 Å². The molecule has 0 unspecified atom stereocenters. The second kappa shape index (κ2) is 6.15. The molecule has 108 valence electrons. The molecular weight excluding hydrogens is 364 g/mol. The Morgan fingerprint density at radius 3 is 2.81 bits per heavy atom. The lowest BCUT2D eigenvalue weighted by molar-refractivity contribution is -0.385. The van der Waals surface area contributed by atoms with Gasteiger partial charge in [0.25, 0.3) is 5.91 Å². The highest BCUT2D eigenvalue weighted by Gasteiger charge is 2.25. The van der Waals surface area contributed by atoms with Crippen molar-refractivity contribution < 1.29 is 9.72 Å². The molecule has 7 nitrogen and oxygen atoms in total. The highest BCUT2D eigenvalue weighted by Crippen LogP contribution is 2.26. The minimum atomic E-state index is -0.746. The van der Waals surface area contributed by atoms with Crippen LogP contribution in [-0.4, -0.2) is 20.8 Å². The summed E-state index contributed by atoms with van der Waals surface area (Å²) in [5, 5.41) is 13.1. The molecule has 1 amide bonds. The number of hydrogen-bond donors (Lipinski definition) is 1. The first kappa shape index (κ1) is 15.3. The van der Waals surface area contributed by atoms with Gasteiger partial charge in [-0.05, 0) is 40.5 Å². The number of halogens is 2. The molecule has 0 radical (unpaired) electrons.